The van der Waals surface area contributed by atoms with E-state index in [0.29, 0.717) is 13.1 Å². The van der Waals surface area contributed by atoms with Gasteiger partial charge in [-0.2, -0.15) is 0 Å². The van der Waals surface area contributed by atoms with Crippen LogP contribution in [-0.4, -0.2) is 35.3 Å². The average Bonchev–Trinajstić information content (AvgIpc) is 2.76. The zero-order valence-electron chi connectivity index (χ0n) is 11.0. The van der Waals surface area contributed by atoms with Crippen molar-refractivity contribution in [1.29, 1.82) is 0 Å². The van der Waals surface area contributed by atoms with Crippen LogP contribution < -0.4 is 5.32 Å². The number of nitrogens with zero attached hydrogens (tertiary/aromatic N) is 1. The Labute approximate surface area is 103 Å². The lowest BCUT2D eigenvalue weighted by Crippen LogP contribution is -2.43. The molecule has 1 saturated heterocycles. The number of carbonyl (C=O) groups is 2. The summed E-state index contributed by atoms with van der Waals surface area (Å²) < 4.78 is 0. The van der Waals surface area contributed by atoms with Gasteiger partial charge in [-0.1, -0.05) is 6.42 Å². The average molecular weight is 238 g/mol. The van der Waals surface area contributed by atoms with Crippen LogP contribution in [0, 0.1) is 11.8 Å². The van der Waals surface area contributed by atoms with Gasteiger partial charge in [-0.15, -0.1) is 0 Å². The normalized spacial score (nSPS) is 29.0. The minimum Gasteiger partial charge on any atom is -0.310 e. The number of carbonyl (C=O) groups excluding carboxylic acids is 2. The van der Waals surface area contributed by atoms with E-state index in [2.05, 4.69) is 26.1 Å². The molecule has 2 atom stereocenters. The molecule has 0 bridgehead atoms. The van der Waals surface area contributed by atoms with Gasteiger partial charge in [-0.3, -0.25) is 14.5 Å². The largest absolute Gasteiger partial charge is 0.310 e. The molecule has 2 unspecified atom stereocenters. The predicted molar refractivity (Wildman–Crippen MR) is 65.3 cm³/mol. The first-order valence-corrected chi connectivity index (χ1v) is 6.50. The van der Waals surface area contributed by atoms with Crippen LogP contribution in [0.3, 0.4) is 0 Å². The third kappa shape index (κ3) is 2.51. The summed E-state index contributed by atoms with van der Waals surface area (Å²) in [5.41, 5.74) is 0.0295. The van der Waals surface area contributed by atoms with E-state index in [1.807, 2.05) is 0 Å². The first-order chi connectivity index (χ1) is 7.90. The summed E-state index contributed by atoms with van der Waals surface area (Å²) in [5, 5.41) is 3.31. The topological polar surface area (TPSA) is 49.4 Å². The van der Waals surface area contributed by atoms with E-state index in [1.165, 1.54) is 4.90 Å². The highest BCUT2D eigenvalue weighted by Gasteiger charge is 2.49. The molecular formula is C13H22N2O2. The van der Waals surface area contributed by atoms with Crippen LogP contribution in [-0.2, 0) is 9.59 Å². The van der Waals surface area contributed by atoms with Crippen LogP contribution in [0.2, 0.25) is 0 Å². The zero-order chi connectivity index (χ0) is 12.6. The van der Waals surface area contributed by atoms with E-state index in [-0.39, 0.29) is 29.2 Å². The summed E-state index contributed by atoms with van der Waals surface area (Å²) >= 11 is 0. The number of hydrogen-bond donors (Lipinski definition) is 1. The van der Waals surface area contributed by atoms with Gasteiger partial charge in [0.25, 0.3) is 0 Å². The summed E-state index contributed by atoms with van der Waals surface area (Å²) in [5.74, 6) is 0.121. The summed E-state index contributed by atoms with van der Waals surface area (Å²) in [6, 6.07) is 0. The monoisotopic (exact) mass is 238 g/mol. The molecule has 17 heavy (non-hydrogen) atoms. The first kappa shape index (κ1) is 12.6. The third-order valence-electron chi connectivity index (χ3n) is 3.67. The van der Waals surface area contributed by atoms with Crippen LogP contribution in [0.5, 0.6) is 0 Å². The molecule has 1 N–H and O–H groups in total. The molecule has 1 aliphatic heterocycles. The van der Waals surface area contributed by atoms with Gasteiger partial charge in [0.05, 0.1) is 11.8 Å². The van der Waals surface area contributed by atoms with Crippen molar-refractivity contribution in [2.75, 3.05) is 13.1 Å². The number of likely N-dealkylation sites (tertiary alicyclic amines) is 1. The summed E-state index contributed by atoms with van der Waals surface area (Å²) in [6.07, 6.45) is 2.83. The van der Waals surface area contributed by atoms with Crippen molar-refractivity contribution < 1.29 is 9.59 Å². The SMILES string of the molecule is CC(C)(C)NCCN1C(=O)C2CCCC2C1=O. The van der Waals surface area contributed by atoms with Gasteiger partial charge in [0.1, 0.15) is 0 Å². The highest BCUT2D eigenvalue weighted by molar-refractivity contribution is 6.05. The lowest BCUT2D eigenvalue weighted by Gasteiger charge is -2.23. The Kier molecular flexibility index (Phi) is 3.25. The Hall–Kier alpha value is -0.900. The third-order valence-corrected chi connectivity index (χ3v) is 3.67. The van der Waals surface area contributed by atoms with Crippen LogP contribution in [0.15, 0.2) is 0 Å². The van der Waals surface area contributed by atoms with E-state index >= 15 is 0 Å². The van der Waals surface area contributed by atoms with Crippen molar-refractivity contribution in [3.8, 4) is 0 Å². The van der Waals surface area contributed by atoms with Gasteiger partial charge < -0.3 is 5.32 Å². The fourth-order valence-corrected chi connectivity index (χ4v) is 2.82. The van der Waals surface area contributed by atoms with Crippen molar-refractivity contribution in [1.82, 2.24) is 10.2 Å². The summed E-state index contributed by atoms with van der Waals surface area (Å²) in [6.45, 7) is 7.43. The molecule has 4 heteroatoms. The molecule has 0 radical (unpaired) electrons. The minimum absolute atomic E-state index is 0.00265. The summed E-state index contributed by atoms with van der Waals surface area (Å²) in [4.78, 5) is 25.5. The first-order valence-electron chi connectivity index (χ1n) is 6.50. The fourth-order valence-electron chi connectivity index (χ4n) is 2.82. The number of imide groups is 1. The molecule has 2 rings (SSSR count). The summed E-state index contributed by atoms with van der Waals surface area (Å²) in [7, 11) is 0. The van der Waals surface area contributed by atoms with Gasteiger partial charge in [-0.25, -0.2) is 0 Å². The second-order valence-corrected chi connectivity index (χ2v) is 6.15. The van der Waals surface area contributed by atoms with Crippen molar-refractivity contribution in [3.63, 3.8) is 0 Å². The molecular weight excluding hydrogens is 216 g/mol. The molecule has 96 valence electrons. The van der Waals surface area contributed by atoms with Gasteiger partial charge >= 0.3 is 0 Å². The Balaban J connectivity index is 1.90. The highest BCUT2D eigenvalue weighted by Crippen LogP contribution is 2.39. The highest BCUT2D eigenvalue weighted by atomic mass is 16.2. The van der Waals surface area contributed by atoms with Crippen molar-refractivity contribution in [2.45, 2.75) is 45.6 Å². The molecule has 1 heterocycles. The molecule has 4 nitrogen and oxygen atoms in total. The molecule has 0 aromatic rings. The second-order valence-electron chi connectivity index (χ2n) is 6.15. The van der Waals surface area contributed by atoms with E-state index in [1.54, 1.807) is 0 Å². The van der Waals surface area contributed by atoms with Crippen molar-refractivity contribution in [3.05, 3.63) is 0 Å². The molecule has 2 fully saturated rings. The number of hydrogen-bond acceptors (Lipinski definition) is 3. The van der Waals surface area contributed by atoms with Gasteiger partial charge in [0, 0.05) is 18.6 Å². The van der Waals surface area contributed by atoms with Crippen LogP contribution in [0.4, 0.5) is 0 Å². The molecule has 0 aromatic heterocycles. The molecule has 1 aliphatic carbocycles. The van der Waals surface area contributed by atoms with E-state index in [9.17, 15) is 9.59 Å². The smallest absolute Gasteiger partial charge is 0.233 e. The van der Waals surface area contributed by atoms with Crippen molar-refractivity contribution in [2.24, 2.45) is 11.8 Å². The molecule has 0 spiro atoms. The van der Waals surface area contributed by atoms with Crippen LogP contribution >= 0.6 is 0 Å². The maximum Gasteiger partial charge on any atom is 0.233 e. The fraction of sp³-hybridized carbons (Fsp3) is 0.846. The van der Waals surface area contributed by atoms with Gasteiger partial charge in [0.15, 0.2) is 0 Å². The Morgan fingerprint density at radius 1 is 1.18 bits per heavy atom. The number of rotatable bonds is 3. The quantitative estimate of drug-likeness (QED) is 0.751. The molecule has 2 aliphatic rings. The zero-order valence-corrected chi connectivity index (χ0v) is 11.0. The van der Waals surface area contributed by atoms with Gasteiger partial charge in [-0.05, 0) is 33.6 Å². The molecule has 1 saturated carbocycles. The minimum atomic E-state index is -0.00265. The maximum atomic E-state index is 12.0. The Bertz CT molecular complexity index is 311. The van der Waals surface area contributed by atoms with Crippen LogP contribution in [0.1, 0.15) is 40.0 Å². The van der Waals surface area contributed by atoms with Crippen LogP contribution in [0.25, 0.3) is 0 Å². The second kappa shape index (κ2) is 4.41. The lowest BCUT2D eigenvalue weighted by molar-refractivity contribution is -0.140. The van der Waals surface area contributed by atoms with E-state index in [0.717, 1.165) is 19.3 Å². The maximum absolute atomic E-state index is 12.0. The van der Waals surface area contributed by atoms with Crippen molar-refractivity contribution >= 4 is 11.8 Å². The van der Waals surface area contributed by atoms with E-state index in [4.69, 9.17) is 0 Å². The standard InChI is InChI=1S/C13H22N2O2/c1-13(2,3)14-7-8-15-11(16)9-5-4-6-10(9)12(15)17/h9-10,14H,4-8H2,1-3H3. The number of amides is 2. The van der Waals surface area contributed by atoms with E-state index < -0.39 is 0 Å². The van der Waals surface area contributed by atoms with Gasteiger partial charge in [0.2, 0.25) is 11.8 Å². The Morgan fingerprint density at radius 2 is 1.71 bits per heavy atom. The predicted octanol–water partition coefficient (Wildman–Crippen LogP) is 1.16. The molecule has 0 aromatic carbocycles. The number of fused-ring (bicyclic) bond motifs is 1. The lowest BCUT2D eigenvalue weighted by atomic mass is 10.00. The number of nitrogens with one attached hydrogen (secondary N) is 1. The molecule has 2 amide bonds. The Morgan fingerprint density at radius 3 is 2.18 bits per heavy atom.